The van der Waals surface area contributed by atoms with Crippen molar-refractivity contribution in [3.63, 3.8) is 0 Å². The van der Waals surface area contributed by atoms with E-state index in [-0.39, 0.29) is 23.5 Å². The first kappa shape index (κ1) is 13.3. The lowest BCUT2D eigenvalue weighted by atomic mass is 10.1. The molecular formula is C11H16N2O4. The zero-order chi connectivity index (χ0) is 13.1. The van der Waals surface area contributed by atoms with Crippen molar-refractivity contribution in [3.05, 3.63) is 23.8 Å². The number of amides is 1. The van der Waals surface area contributed by atoms with E-state index < -0.39 is 18.1 Å². The van der Waals surface area contributed by atoms with Crippen molar-refractivity contribution in [2.45, 2.75) is 12.5 Å². The topological polar surface area (TPSA) is 116 Å². The molecule has 0 radical (unpaired) electrons. The molecule has 0 aliphatic carbocycles. The molecule has 6 nitrogen and oxygen atoms in total. The third-order valence-corrected chi connectivity index (χ3v) is 2.26. The van der Waals surface area contributed by atoms with Crippen LogP contribution in [0.4, 0.5) is 5.69 Å². The third kappa shape index (κ3) is 3.61. The molecule has 1 amide bonds. The van der Waals surface area contributed by atoms with E-state index in [1.54, 1.807) is 0 Å². The van der Waals surface area contributed by atoms with Gasteiger partial charge in [0.2, 0.25) is 0 Å². The number of nitrogens with two attached hydrogens (primary N) is 1. The van der Waals surface area contributed by atoms with Crippen molar-refractivity contribution in [1.82, 2.24) is 5.32 Å². The van der Waals surface area contributed by atoms with E-state index >= 15 is 0 Å². The summed E-state index contributed by atoms with van der Waals surface area (Å²) in [5.41, 5.74) is 4.44. The van der Waals surface area contributed by atoms with E-state index in [1.807, 2.05) is 0 Å². The number of hydrogen-bond acceptors (Lipinski definition) is 5. The molecule has 1 rings (SSSR count). The van der Waals surface area contributed by atoms with Crippen LogP contribution in [0.2, 0.25) is 0 Å². The summed E-state index contributed by atoms with van der Waals surface area (Å²) >= 11 is 0. The predicted octanol–water partition coefficient (Wildman–Crippen LogP) is -0.553. The Morgan fingerprint density at radius 1 is 1.53 bits per heavy atom. The van der Waals surface area contributed by atoms with Crippen molar-refractivity contribution < 1.29 is 20.1 Å². The van der Waals surface area contributed by atoms with Gasteiger partial charge in [0.1, 0.15) is 11.4 Å². The van der Waals surface area contributed by atoms with Gasteiger partial charge < -0.3 is 26.4 Å². The van der Waals surface area contributed by atoms with Crippen molar-refractivity contribution in [2.75, 3.05) is 18.9 Å². The van der Waals surface area contributed by atoms with Crippen LogP contribution in [0.3, 0.4) is 0 Å². The highest BCUT2D eigenvalue weighted by molar-refractivity contribution is 5.95. The van der Waals surface area contributed by atoms with Gasteiger partial charge in [0.05, 0.1) is 12.3 Å². The maximum Gasteiger partial charge on any atom is 0.251 e. The number of hydrogen-bond donors (Lipinski definition) is 5. The summed E-state index contributed by atoms with van der Waals surface area (Å²) in [5, 5.41) is 30.0. The zero-order valence-corrected chi connectivity index (χ0v) is 9.47. The second kappa shape index (κ2) is 5.03. The quantitative estimate of drug-likeness (QED) is 0.357. The van der Waals surface area contributed by atoms with E-state index in [9.17, 15) is 15.0 Å². The van der Waals surface area contributed by atoms with Crippen LogP contribution in [0, 0.1) is 0 Å². The Hall–Kier alpha value is -1.79. The van der Waals surface area contributed by atoms with Gasteiger partial charge in [-0.1, -0.05) is 0 Å². The molecule has 6 heteroatoms. The Morgan fingerprint density at radius 2 is 2.18 bits per heavy atom. The molecule has 0 aromatic heterocycles. The van der Waals surface area contributed by atoms with Gasteiger partial charge in [-0.15, -0.1) is 0 Å². The van der Waals surface area contributed by atoms with Crippen LogP contribution in [0.25, 0.3) is 0 Å². The van der Waals surface area contributed by atoms with Crippen molar-refractivity contribution >= 4 is 11.6 Å². The van der Waals surface area contributed by atoms with Gasteiger partial charge in [-0.2, -0.15) is 0 Å². The van der Waals surface area contributed by atoms with Gasteiger partial charge in [-0.3, -0.25) is 4.79 Å². The molecule has 6 N–H and O–H groups in total. The second-order valence-electron chi connectivity index (χ2n) is 4.11. The average Bonchev–Trinajstić information content (AvgIpc) is 2.30. The highest BCUT2D eigenvalue weighted by Gasteiger charge is 2.20. The Balaban J connectivity index is 2.68. The number of nitrogen functional groups attached to an aromatic ring is 1. The molecule has 0 aliphatic heterocycles. The van der Waals surface area contributed by atoms with Crippen LogP contribution < -0.4 is 11.1 Å². The molecule has 17 heavy (non-hydrogen) atoms. The highest BCUT2D eigenvalue weighted by atomic mass is 16.3. The number of aliphatic hydroxyl groups excluding tert-OH is 1. The minimum Gasteiger partial charge on any atom is -0.506 e. The summed E-state index contributed by atoms with van der Waals surface area (Å²) in [4.78, 5) is 11.6. The SMILES string of the molecule is CC(O)(CO)CNC(=O)c1ccc(N)c(O)c1. The van der Waals surface area contributed by atoms with Crippen LogP contribution in [-0.4, -0.2) is 40.0 Å². The second-order valence-corrected chi connectivity index (χ2v) is 4.11. The number of phenolic OH excluding ortho intramolecular Hbond substituents is 1. The molecule has 94 valence electrons. The van der Waals surface area contributed by atoms with Crippen molar-refractivity contribution in [2.24, 2.45) is 0 Å². The molecular weight excluding hydrogens is 224 g/mol. The Labute approximate surface area is 98.7 Å². The summed E-state index contributed by atoms with van der Waals surface area (Å²) in [5.74, 6) is -0.638. The molecule has 0 fully saturated rings. The molecule has 1 atom stereocenters. The number of aliphatic hydroxyl groups is 2. The molecule has 0 spiro atoms. The van der Waals surface area contributed by atoms with Crippen LogP contribution in [0.5, 0.6) is 5.75 Å². The lowest BCUT2D eigenvalue weighted by molar-refractivity contribution is 0.00320. The monoisotopic (exact) mass is 240 g/mol. The van der Waals surface area contributed by atoms with Gasteiger partial charge in [0, 0.05) is 12.1 Å². The van der Waals surface area contributed by atoms with Crippen molar-refractivity contribution in [1.29, 1.82) is 0 Å². The molecule has 0 aliphatic rings. The van der Waals surface area contributed by atoms with E-state index in [1.165, 1.54) is 25.1 Å². The molecule has 0 saturated carbocycles. The Kier molecular flexibility index (Phi) is 3.93. The van der Waals surface area contributed by atoms with Crippen molar-refractivity contribution in [3.8, 4) is 5.75 Å². The average molecular weight is 240 g/mol. The van der Waals surface area contributed by atoms with E-state index in [4.69, 9.17) is 10.8 Å². The van der Waals surface area contributed by atoms with Gasteiger partial charge >= 0.3 is 0 Å². The number of carbonyl (C=O) groups is 1. The van der Waals surface area contributed by atoms with Crippen LogP contribution in [0.1, 0.15) is 17.3 Å². The normalized spacial score (nSPS) is 14.1. The van der Waals surface area contributed by atoms with E-state index in [2.05, 4.69) is 5.32 Å². The number of benzene rings is 1. The summed E-state index contributed by atoms with van der Waals surface area (Å²) in [6.45, 7) is 0.849. The summed E-state index contributed by atoms with van der Waals surface area (Å²) in [6.07, 6.45) is 0. The first-order chi connectivity index (χ1) is 7.85. The first-order valence-electron chi connectivity index (χ1n) is 5.05. The number of phenols is 1. The van der Waals surface area contributed by atoms with Gasteiger partial charge in [-0.25, -0.2) is 0 Å². The van der Waals surface area contributed by atoms with Gasteiger partial charge in [-0.05, 0) is 25.1 Å². The highest BCUT2D eigenvalue weighted by Crippen LogP contribution is 2.20. The molecule has 1 aromatic carbocycles. The summed E-state index contributed by atoms with van der Waals surface area (Å²) in [6, 6.07) is 4.10. The van der Waals surface area contributed by atoms with Gasteiger partial charge in [0.15, 0.2) is 0 Å². The lowest BCUT2D eigenvalue weighted by Gasteiger charge is -2.20. The smallest absolute Gasteiger partial charge is 0.251 e. The number of anilines is 1. The lowest BCUT2D eigenvalue weighted by Crippen LogP contribution is -2.43. The summed E-state index contributed by atoms with van der Waals surface area (Å²) in [7, 11) is 0. The molecule has 1 aromatic rings. The first-order valence-corrected chi connectivity index (χ1v) is 5.05. The van der Waals surface area contributed by atoms with Crippen LogP contribution in [0.15, 0.2) is 18.2 Å². The molecule has 1 unspecified atom stereocenters. The van der Waals surface area contributed by atoms with Gasteiger partial charge in [0.25, 0.3) is 5.91 Å². The minimum absolute atomic E-state index is 0.0898. The molecule has 0 bridgehead atoms. The molecule has 0 saturated heterocycles. The zero-order valence-electron chi connectivity index (χ0n) is 9.47. The third-order valence-electron chi connectivity index (χ3n) is 2.26. The minimum atomic E-state index is -1.37. The van der Waals surface area contributed by atoms with Crippen LogP contribution >= 0.6 is 0 Å². The van der Waals surface area contributed by atoms with E-state index in [0.717, 1.165) is 0 Å². The fourth-order valence-corrected chi connectivity index (χ4v) is 1.11. The summed E-state index contributed by atoms with van der Waals surface area (Å²) < 4.78 is 0. The van der Waals surface area contributed by atoms with Crippen LogP contribution in [-0.2, 0) is 0 Å². The standard InChI is InChI=1S/C11H16N2O4/c1-11(17,6-14)5-13-10(16)7-2-3-8(12)9(15)4-7/h2-4,14-15,17H,5-6,12H2,1H3,(H,13,16). The maximum absolute atomic E-state index is 11.6. The number of nitrogens with one attached hydrogen (secondary N) is 1. The number of rotatable bonds is 4. The Bertz CT molecular complexity index is 418. The largest absolute Gasteiger partial charge is 0.506 e. The number of carbonyl (C=O) groups excluding carboxylic acids is 1. The predicted molar refractivity (Wildman–Crippen MR) is 62.6 cm³/mol. The molecule has 0 heterocycles. The fourth-order valence-electron chi connectivity index (χ4n) is 1.11. The Morgan fingerprint density at radius 3 is 2.71 bits per heavy atom. The number of aromatic hydroxyl groups is 1. The van der Waals surface area contributed by atoms with E-state index in [0.29, 0.717) is 0 Å². The fraction of sp³-hybridized carbons (Fsp3) is 0.364. The maximum atomic E-state index is 11.6.